The number of anilines is 1. The summed E-state index contributed by atoms with van der Waals surface area (Å²) < 4.78 is 5.53. The lowest BCUT2D eigenvalue weighted by Gasteiger charge is -2.10. The van der Waals surface area contributed by atoms with E-state index in [-0.39, 0.29) is 5.82 Å². The first-order valence-electron chi connectivity index (χ1n) is 5.56. The van der Waals surface area contributed by atoms with E-state index in [1.807, 2.05) is 30.3 Å². The zero-order valence-corrected chi connectivity index (χ0v) is 12.6. The first-order chi connectivity index (χ1) is 9.17. The van der Waals surface area contributed by atoms with Gasteiger partial charge in [0.05, 0.1) is 16.4 Å². The molecule has 0 atom stereocenters. The molecule has 0 saturated heterocycles. The lowest BCUT2D eigenvalue weighted by atomic mass is 10.1. The fourth-order valence-corrected chi connectivity index (χ4v) is 2.40. The highest BCUT2D eigenvalue weighted by molar-refractivity contribution is 14.1. The van der Waals surface area contributed by atoms with Crippen LogP contribution in [0.1, 0.15) is 10.6 Å². The number of aromatic nitrogens is 2. The van der Waals surface area contributed by atoms with Crippen molar-refractivity contribution < 1.29 is 9.53 Å². The predicted octanol–water partition coefficient (Wildman–Crippen LogP) is 2.58. The van der Waals surface area contributed by atoms with E-state index in [9.17, 15) is 4.79 Å². The highest BCUT2D eigenvalue weighted by atomic mass is 127. The van der Waals surface area contributed by atoms with Crippen molar-refractivity contribution in [2.24, 2.45) is 0 Å². The second-order valence-corrected chi connectivity index (χ2v) is 4.74. The minimum atomic E-state index is -0.551. The molecule has 0 aliphatic heterocycles. The molecule has 1 aromatic carbocycles. The zero-order chi connectivity index (χ0) is 13.8. The molecule has 0 aliphatic rings. The topological polar surface area (TPSA) is 64.1 Å². The van der Waals surface area contributed by atoms with Crippen LogP contribution in [0.3, 0.4) is 0 Å². The summed E-state index contributed by atoms with van der Waals surface area (Å²) >= 11 is 2.16. The van der Waals surface area contributed by atoms with Crippen LogP contribution in [0, 0.1) is 3.57 Å². The Kier molecular flexibility index (Phi) is 4.31. The molecule has 0 radical (unpaired) electrons. The van der Waals surface area contributed by atoms with Crippen LogP contribution < -0.4 is 5.32 Å². The highest BCUT2D eigenvalue weighted by Gasteiger charge is 2.17. The van der Waals surface area contributed by atoms with Gasteiger partial charge in [-0.3, -0.25) is 0 Å². The molecule has 5 nitrogen and oxygen atoms in total. The van der Waals surface area contributed by atoms with Crippen molar-refractivity contribution in [1.82, 2.24) is 9.97 Å². The van der Waals surface area contributed by atoms with E-state index in [0.717, 1.165) is 9.13 Å². The van der Waals surface area contributed by atoms with Gasteiger partial charge in [0.1, 0.15) is 5.82 Å². The number of nitrogens with one attached hydrogen (secondary N) is 1. The summed E-state index contributed by atoms with van der Waals surface area (Å²) in [6.45, 7) is 0. The Labute approximate surface area is 124 Å². The number of benzene rings is 1. The van der Waals surface area contributed by atoms with Crippen LogP contribution in [0.4, 0.5) is 5.82 Å². The quantitative estimate of drug-likeness (QED) is 0.666. The van der Waals surface area contributed by atoms with E-state index in [0.29, 0.717) is 11.5 Å². The molecule has 2 aromatic rings. The van der Waals surface area contributed by atoms with Crippen molar-refractivity contribution in [3.8, 4) is 11.3 Å². The second kappa shape index (κ2) is 5.96. The molecule has 0 unspecified atom stereocenters. The number of nitrogens with zero attached hydrogens (tertiary/aromatic N) is 2. The van der Waals surface area contributed by atoms with E-state index in [4.69, 9.17) is 0 Å². The molecule has 0 fully saturated rings. The van der Waals surface area contributed by atoms with Crippen LogP contribution in [0.15, 0.2) is 30.3 Å². The van der Waals surface area contributed by atoms with Crippen molar-refractivity contribution in [2.75, 3.05) is 19.5 Å². The van der Waals surface area contributed by atoms with Crippen molar-refractivity contribution >= 4 is 34.4 Å². The molecule has 19 heavy (non-hydrogen) atoms. The summed E-state index contributed by atoms with van der Waals surface area (Å²) in [4.78, 5) is 20.0. The predicted molar refractivity (Wildman–Crippen MR) is 81.1 cm³/mol. The van der Waals surface area contributed by atoms with E-state index in [1.54, 1.807) is 7.05 Å². The van der Waals surface area contributed by atoms with Crippen LogP contribution in [-0.4, -0.2) is 30.1 Å². The molecule has 1 aromatic heterocycles. The number of hydrogen-bond donors (Lipinski definition) is 1. The van der Waals surface area contributed by atoms with Gasteiger partial charge in [0.25, 0.3) is 0 Å². The van der Waals surface area contributed by atoms with Gasteiger partial charge in [-0.25, -0.2) is 14.8 Å². The van der Waals surface area contributed by atoms with Crippen molar-refractivity contribution in [1.29, 1.82) is 0 Å². The van der Waals surface area contributed by atoms with Crippen LogP contribution in [0.5, 0.6) is 0 Å². The maximum Gasteiger partial charge on any atom is 0.376 e. The Hall–Kier alpha value is -1.70. The van der Waals surface area contributed by atoms with Gasteiger partial charge in [-0.05, 0) is 22.6 Å². The fourth-order valence-electron chi connectivity index (χ4n) is 1.58. The van der Waals surface area contributed by atoms with Gasteiger partial charge < -0.3 is 10.1 Å². The molecule has 0 saturated carbocycles. The van der Waals surface area contributed by atoms with Crippen molar-refractivity contribution in [3.63, 3.8) is 0 Å². The fraction of sp³-hybridized carbons (Fsp3) is 0.154. The third-order valence-electron chi connectivity index (χ3n) is 2.50. The third-order valence-corrected chi connectivity index (χ3v) is 3.53. The normalized spacial score (nSPS) is 10.1. The molecule has 2 rings (SSSR count). The molecule has 0 spiro atoms. The summed E-state index contributed by atoms with van der Waals surface area (Å²) in [5, 5.41) is 2.96. The van der Waals surface area contributed by atoms with E-state index in [1.165, 1.54) is 7.11 Å². The number of esters is 1. The number of rotatable bonds is 3. The first kappa shape index (κ1) is 13.7. The highest BCUT2D eigenvalue weighted by Crippen LogP contribution is 2.27. The monoisotopic (exact) mass is 369 g/mol. The summed E-state index contributed by atoms with van der Waals surface area (Å²) in [6.07, 6.45) is 0. The molecular weight excluding hydrogens is 357 g/mol. The van der Waals surface area contributed by atoms with E-state index >= 15 is 0 Å². The van der Waals surface area contributed by atoms with E-state index < -0.39 is 5.97 Å². The molecule has 1 heterocycles. The smallest absolute Gasteiger partial charge is 0.376 e. The Balaban J connectivity index is 2.62. The largest absolute Gasteiger partial charge is 0.463 e. The van der Waals surface area contributed by atoms with Gasteiger partial charge in [0.2, 0.25) is 5.82 Å². The van der Waals surface area contributed by atoms with Crippen LogP contribution in [0.2, 0.25) is 0 Å². The Morgan fingerprint density at radius 1 is 1.26 bits per heavy atom. The molecule has 0 aliphatic carbocycles. The van der Waals surface area contributed by atoms with Gasteiger partial charge in [-0.1, -0.05) is 30.3 Å². The number of hydrogen-bond acceptors (Lipinski definition) is 5. The van der Waals surface area contributed by atoms with Crippen LogP contribution in [0.25, 0.3) is 11.3 Å². The van der Waals surface area contributed by atoms with Crippen LogP contribution >= 0.6 is 22.6 Å². The molecule has 1 N–H and O–H groups in total. The Morgan fingerprint density at radius 3 is 2.53 bits per heavy atom. The second-order valence-electron chi connectivity index (χ2n) is 3.67. The molecule has 0 bridgehead atoms. The minimum Gasteiger partial charge on any atom is -0.463 e. The Bertz CT molecular complexity index is 602. The van der Waals surface area contributed by atoms with Crippen molar-refractivity contribution in [3.05, 3.63) is 39.7 Å². The number of halogens is 1. The summed E-state index contributed by atoms with van der Waals surface area (Å²) in [5.41, 5.74) is 1.64. The number of carbonyl (C=O) groups is 1. The van der Waals surface area contributed by atoms with Gasteiger partial charge >= 0.3 is 5.97 Å². The zero-order valence-electron chi connectivity index (χ0n) is 10.5. The summed E-state index contributed by atoms with van der Waals surface area (Å²) in [6, 6.07) is 9.64. The molecule has 0 amide bonds. The van der Waals surface area contributed by atoms with Gasteiger partial charge in [0, 0.05) is 12.6 Å². The van der Waals surface area contributed by atoms with Crippen molar-refractivity contribution in [2.45, 2.75) is 0 Å². The van der Waals surface area contributed by atoms with Gasteiger partial charge in [-0.2, -0.15) is 0 Å². The minimum absolute atomic E-state index is 0.0473. The average Bonchev–Trinajstić information content (AvgIpc) is 2.47. The average molecular weight is 369 g/mol. The maximum absolute atomic E-state index is 11.6. The molecular formula is C13H12IN3O2. The lowest BCUT2D eigenvalue weighted by Crippen LogP contribution is -2.11. The molecule has 98 valence electrons. The third kappa shape index (κ3) is 2.83. The van der Waals surface area contributed by atoms with Crippen LogP contribution in [-0.2, 0) is 4.74 Å². The number of ether oxygens (including phenoxy) is 1. The van der Waals surface area contributed by atoms with Gasteiger partial charge in [-0.15, -0.1) is 0 Å². The van der Waals surface area contributed by atoms with Gasteiger partial charge in [0.15, 0.2) is 0 Å². The summed E-state index contributed by atoms with van der Waals surface area (Å²) in [5.74, 6) is 0.103. The van der Waals surface area contributed by atoms with E-state index in [2.05, 4.69) is 42.6 Å². The first-order valence-corrected chi connectivity index (χ1v) is 6.64. The number of carbonyl (C=O) groups excluding carboxylic acids is 1. The lowest BCUT2D eigenvalue weighted by molar-refractivity contribution is 0.0587. The SMILES string of the molecule is CNc1nc(C(=O)OC)nc(-c2ccccc2)c1I. The standard InChI is InChI=1S/C13H12IN3O2/c1-15-11-9(14)10(8-6-4-3-5-7-8)16-12(17-11)13(18)19-2/h3-7H,1-2H3,(H,15,16,17). The number of methoxy groups -OCH3 is 1. The molecule has 6 heteroatoms. The maximum atomic E-state index is 11.6. The Morgan fingerprint density at radius 2 is 1.95 bits per heavy atom. The summed E-state index contributed by atoms with van der Waals surface area (Å²) in [7, 11) is 3.06.